The van der Waals surface area contributed by atoms with Crippen LogP contribution in [-0.2, 0) is 8.85 Å². The second kappa shape index (κ2) is 7.60. The summed E-state index contributed by atoms with van der Waals surface area (Å²) in [7, 11) is -3.05. The molecule has 0 spiro atoms. The van der Waals surface area contributed by atoms with E-state index in [1.54, 1.807) is 0 Å². The quantitative estimate of drug-likeness (QED) is 0.390. The van der Waals surface area contributed by atoms with Gasteiger partial charge in [-0.2, -0.15) is 0 Å². The number of hydrogen-bond acceptors (Lipinski definition) is 2. The van der Waals surface area contributed by atoms with Gasteiger partial charge in [-0.3, -0.25) is 0 Å². The van der Waals surface area contributed by atoms with Crippen molar-refractivity contribution in [1.29, 1.82) is 0 Å². The van der Waals surface area contributed by atoms with Crippen LogP contribution in [0.15, 0.2) is 23.7 Å². The van der Waals surface area contributed by atoms with E-state index in [1.807, 2.05) is 0 Å². The summed E-state index contributed by atoms with van der Waals surface area (Å²) in [5.41, 5.74) is 0.0797. The molecule has 1 rings (SSSR count). The van der Waals surface area contributed by atoms with Crippen molar-refractivity contribution in [3.05, 3.63) is 23.7 Å². The highest BCUT2D eigenvalue weighted by atomic mass is 28.4. The van der Waals surface area contributed by atoms with E-state index in [4.69, 9.17) is 8.85 Å². The summed E-state index contributed by atoms with van der Waals surface area (Å²) >= 11 is 0. The lowest BCUT2D eigenvalue weighted by atomic mass is 9.88. The summed E-state index contributed by atoms with van der Waals surface area (Å²) in [6, 6.07) is 0. The monoisotopic (exact) mass is 354 g/mol. The van der Waals surface area contributed by atoms with Gasteiger partial charge in [-0.1, -0.05) is 20.8 Å². The molecule has 0 aromatic heterocycles. The van der Waals surface area contributed by atoms with E-state index in [-0.39, 0.29) is 5.41 Å². The molecule has 0 heterocycles. The Labute approximate surface area is 146 Å². The molecule has 0 aliphatic heterocycles. The van der Waals surface area contributed by atoms with Crippen LogP contribution in [0.4, 0.5) is 0 Å². The molecule has 2 nitrogen and oxygen atoms in total. The highest BCUT2D eigenvalue weighted by Gasteiger charge is 2.26. The summed E-state index contributed by atoms with van der Waals surface area (Å²) in [4.78, 5) is 0. The van der Waals surface area contributed by atoms with Gasteiger partial charge in [-0.05, 0) is 76.6 Å². The van der Waals surface area contributed by atoms with Crippen molar-refractivity contribution in [3.8, 4) is 0 Å². The molecule has 0 fully saturated rings. The third-order valence-corrected chi connectivity index (χ3v) is 5.33. The third kappa shape index (κ3) is 8.80. The molecule has 0 saturated carbocycles. The SMILES string of the molecule is CC(C)(C)/C(=C\CC1C=C(O[Si](C)(C)C)CCC1)O[Si](C)(C)C. The molecule has 4 heteroatoms. The number of rotatable bonds is 6. The van der Waals surface area contributed by atoms with Gasteiger partial charge in [0.25, 0.3) is 0 Å². The lowest BCUT2D eigenvalue weighted by Crippen LogP contribution is -2.29. The lowest BCUT2D eigenvalue weighted by Gasteiger charge is -2.31. The molecule has 0 bridgehead atoms. The van der Waals surface area contributed by atoms with Crippen molar-refractivity contribution in [2.45, 2.75) is 85.7 Å². The van der Waals surface area contributed by atoms with Gasteiger partial charge in [0.05, 0.1) is 11.5 Å². The maximum Gasteiger partial charge on any atom is 0.241 e. The molecule has 0 aromatic carbocycles. The Bertz CT molecular complexity index is 445. The van der Waals surface area contributed by atoms with E-state index >= 15 is 0 Å². The second-order valence-electron chi connectivity index (χ2n) is 9.77. The van der Waals surface area contributed by atoms with Crippen LogP contribution in [0.25, 0.3) is 0 Å². The fourth-order valence-electron chi connectivity index (χ4n) is 2.72. The fourth-order valence-corrected chi connectivity index (χ4v) is 4.73. The zero-order chi connectivity index (χ0) is 17.9. The number of hydrogen-bond donors (Lipinski definition) is 0. The second-order valence-corrected chi connectivity index (χ2v) is 18.6. The maximum absolute atomic E-state index is 6.36. The van der Waals surface area contributed by atoms with E-state index < -0.39 is 16.6 Å². The van der Waals surface area contributed by atoms with Gasteiger partial charge in [-0.15, -0.1) is 0 Å². The Morgan fingerprint density at radius 3 is 2.22 bits per heavy atom. The number of allylic oxidation sites excluding steroid dienone is 4. The molecule has 1 aliphatic rings. The van der Waals surface area contributed by atoms with Crippen molar-refractivity contribution in [3.63, 3.8) is 0 Å². The summed E-state index contributed by atoms with van der Waals surface area (Å²) in [5.74, 6) is 3.00. The van der Waals surface area contributed by atoms with Gasteiger partial charge in [-0.25, -0.2) is 0 Å². The largest absolute Gasteiger partial charge is 0.548 e. The van der Waals surface area contributed by atoms with Crippen LogP contribution in [0.1, 0.15) is 46.5 Å². The van der Waals surface area contributed by atoms with E-state index in [2.05, 4.69) is 72.2 Å². The molecule has 0 N–H and O–H groups in total. The smallest absolute Gasteiger partial charge is 0.241 e. The van der Waals surface area contributed by atoms with Gasteiger partial charge in [0, 0.05) is 11.8 Å². The van der Waals surface area contributed by atoms with Gasteiger partial charge >= 0.3 is 0 Å². The molecule has 1 aliphatic carbocycles. The highest BCUT2D eigenvalue weighted by molar-refractivity contribution is 6.70. The molecule has 134 valence electrons. The Hall–Kier alpha value is -0.486. The van der Waals surface area contributed by atoms with Gasteiger partial charge < -0.3 is 8.85 Å². The van der Waals surface area contributed by atoms with Crippen LogP contribution in [-0.4, -0.2) is 16.6 Å². The summed E-state index contributed by atoms with van der Waals surface area (Å²) < 4.78 is 12.6. The van der Waals surface area contributed by atoms with E-state index in [0.29, 0.717) is 5.92 Å². The highest BCUT2D eigenvalue weighted by Crippen LogP contribution is 2.33. The first-order valence-corrected chi connectivity index (χ1v) is 15.9. The minimum absolute atomic E-state index is 0.0797. The summed E-state index contributed by atoms with van der Waals surface area (Å²) in [6.07, 6.45) is 9.41. The van der Waals surface area contributed by atoms with Crippen LogP contribution in [0.5, 0.6) is 0 Å². The van der Waals surface area contributed by atoms with Gasteiger partial charge in [0.2, 0.25) is 16.6 Å². The molecule has 0 saturated heterocycles. The lowest BCUT2D eigenvalue weighted by molar-refractivity contribution is 0.284. The Morgan fingerprint density at radius 2 is 1.74 bits per heavy atom. The van der Waals surface area contributed by atoms with Gasteiger partial charge in [0.1, 0.15) is 0 Å². The third-order valence-electron chi connectivity index (χ3n) is 3.62. The molecular formula is C19H38O2Si2. The van der Waals surface area contributed by atoms with Crippen molar-refractivity contribution < 1.29 is 8.85 Å². The van der Waals surface area contributed by atoms with Crippen LogP contribution in [0, 0.1) is 11.3 Å². The van der Waals surface area contributed by atoms with E-state index in [1.165, 1.54) is 24.4 Å². The summed E-state index contributed by atoms with van der Waals surface area (Å²) in [5, 5.41) is 0. The topological polar surface area (TPSA) is 18.5 Å². The predicted octanol–water partition coefficient (Wildman–Crippen LogP) is 6.69. The first-order valence-electron chi connectivity index (χ1n) is 9.06. The zero-order valence-corrected chi connectivity index (χ0v) is 18.9. The Kier molecular flexibility index (Phi) is 6.79. The molecule has 0 amide bonds. The van der Waals surface area contributed by atoms with Gasteiger partial charge in [0.15, 0.2) is 0 Å². The van der Waals surface area contributed by atoms with Crippen molar-refractivity contribution in [1.82, 2.24) is 0 Å². The normalized spacial score (nSPS) is 21.0. The molecule has 1 unspecified atom stereocenters. The predicted molar refractivity (Wildman–Crippen MR) is 106 cm³/mol. The average Bonchev–Trinajstić information content (AvgIpc) is 2.30. The average molecular weight is 355 g/mol. The van der Waals surface area contributed by atoms with E-state index in [0.717, 1.165) is 12.8 Å². The summed E-state index contributed by atoms with van der Waals surface area (Å²) in [6.45, 7) is 20.3. The first kappa shape index (κ1) is 20.6. The molecule has 23 heavy (non-hydrogen) atoms. The fraction of sp³-hybridized carbons (Fsp3) is 0.789. The first-order chi connectivity index (χ1) is 10.3. The Morgan fingerprint density at radius 1 is 1.13 bits per heavy atom. The molecular weight excluding hydrogens is 316 g/mol. The molecule has 1 atom stereocenters. The minimum atomic E-state index is -1.56. The standard InChI is InChI=1S/C19H38O2Si2/c1-19(2,3)18(21-23(7,8)9)14-13-16-11-10-12-17(15-16)20-22(4,5)6/h14-16H,10-13H2,1-9H3/b18-14+. The van der Waals surface area contributed by atoms with Crippen LogP contribution in [0.2, 0.25) is 39.3 Å². The molecule has 0 radical (unpaired) electrons. The van der Waals surface area contributed by atoms with Crippen molar-refractivity contribution in [2.75, 3.05) is 0 Å². The molecule has 0 aromatic rings. The van der Waals surface area contributed by atoms with Crippen LogP contribution < -0.4 is 0 Å². The van der Waals surface area contributed by atoms with Crippen LogP contribution >= 0.6 is 0 Å². The minimum Gasteiger partial charge on any atom is -0.548 e. The van der Waals surface area contributed by atoms with Crippen LogP contribution in [0.3, 0.4) is 0 Å². The van der Waals surface area contributed by atoms with Crippen molar-refractivity contribution >= 4 is 16.6 Å². The maximum atomic E-state index is 6.36. The Balaban J connectivity index is 2.81. The van der Waals surface area contributed by atoms with E-state index in [9.17, 15) is 0 Å². The zero-order valence-electron chi connectivity index (χ0n) is 16.9. The van der Waals surface area contributed by atoms with Crippen molar-refractivity contribution in [2.24, 2.45) is 11.3 Å².